The molecule has 0 radical (unpaired) electrons. The van der Waals surface area contributed by atoms with Crippen LogP contribution < -0.4 is 11.3 Å². The van der Waals surface area contributed by atoms with Crippen molar-refractivity contribution in [3.05, 3.63) is 70.8 Å². The maximum atomic E-state index is 5.65. The van der Waals surface area contributed by atoms with Crippen LogP contribution in [0.2, 0.25) is 0 Å². The van der Waals surface area contributed by atoms with E-state index in [0.717, 1.165) is 16.8 Å². The minimum atomic E-state index is -0.643. The summed E-state index contributed by atoms with van der Waals surface area (Å²) in [5, 5.41) is 0. The first-order valence-electron chi connectivity index (χ1n) is 7.33. The molecular weight excluding hydrogens is 272 g/mol. The Kier molecular flexibility index (Phi) is 3.54. The molecule has 0 aromatic heterocycles. The molecule has 0 spiro atoms. The molecule has 4 nitrogen and oxygen atoms in total. The monoisotopic (exact) mass is 292 g/mol. The summed E-state index contributed by atoms with van der Waals surface area (Å²) in [6, 6.07) is 16.5. The Morgan fingerprint density at radius 1 is 0.864 bits per heavy atom. The SMILES string of the molecule is Cc1ccc(C2=NC(C)(c3ccc(C)cc3)N=C2NN)cc1. The third kappa shape index (κ3) is 2.53. The summed E-state index contributed by atoms with van der Waals surface area (Å²) in [5.41, 5.74) is 7.33. The van der Waals surface area contributed by atoms with Gasteiger partial charge in [0.05, 0.1) is 0 Å². The zero-order valence-corrected chi connectivity index (χ0v) is 13.1. The molecule has 0 fully saturated rings. The lowest BCUT2D eigenvalue weighted by molar-refractivity contribution is 0.539. The molecule has 1 aliphatic heterocycles. The largest absolute Gasteiger partial charge is 0.307 e. The molecule has 0 amide bonds. The molecule has 2 aromatic carbocycles. The van der Waals surface area contributed by atoms with Crippen LogP contribution in [0.15, 0.2) is 58.5 Å². The van der Waals surface area contributed by atoms with Gasteiger partial charge in [-0.15, -0.1) is 0 Å². The van der Waals surface area contributed by atoms with E-state index in [9.17, 15) is 0 Å². The molecule has 0 saturated heterocycles. The number of hydrazine groups is 1. The van der Waals surface area contributed by atoms with Crippen molar-refractivity contribution in [2.45, 2.75) is 26.4 Å². The first-order chi connectivity index (χ1) is 10.5. The summed E-state index contributed by atoms with van der Waals surface area (Å²) < 4.78 is 0. The van der Waals surface area contributed by atoms with Crippen molar-refractivity contribution < 1.29 is 0 Å². The van der Waals surface area contributed by atoms with Crippen LogP contribution in [0.5, 0.6) is 0 Å². The second-order valence-corrected chi connectivity index (χ2v) is 5.82. The summed E-state index contributed by atoms with van der Waals surface area (Å²) in [6.45, 7) is 6.13. The van der Waals surface area contributed by atoms with Gasteiger partial charge in [-0.1, -0.05) is 59.7 Å². The third-order valence-corrected chi connectivity index (χ3v) is 3.94. The highest BCUT2D eigenvalue weighted by Gasteiger charge is 2.33. The number of hydrogen-bond acceptors (Lipinski definition) is 4. The number of rotatable bonds is 2. The van der Waals surface area contributed by atoms with Crippen molar-refractivity contribution in [2.75, 3.05) is 0 Å². The van der Waals surface area contributed by atoms with Crippen molar-refractivity contribution in [1.82, 2.24) is 5.43 Å². The fraction of sp³-hybridized carbons (Fsp3) is 0.222. The van der Waals surface area contributed by atoms with E-state index in [-0.39, 0.29) is 0 Å². The van der Waals surface area contributed by atoms with E-state index in [4.69, 9.17) is 15.8 Å². The quantitative estimate of drug-likeness (QED) is 0.660. The Morgan fingerprint density at radius 2 is 1.41 bits per heavy atom. The molecule has 0 bridgehead atoms. The number of benzene rings is 2. The standard InChI is InChI=1S/C18H20N4/c1-12-4-8-14(9-5-12)16-17(22-19)21-18(3,20-16)15-10-6-13(2)7-11-15/h4-11H,19H2,1-3H3,(H,21,22). The molecule has 1 unspecified atom stereocenters. The Morgan fingerprint density at radius 3 is 1.95 bits per heavy atom. The fourth-order valence-electron chi connectivity index (χ4n) is 2.58. The zero-order chi connectivity index (χ0) is 15.7. The molecule has 112 valence electrons. The predicted octanol–water partition coefficient (Wildman–Crippen LogP) is 2.84. The molecule has 0 saturated carbocycles. The van der Waals surface area contributed by atoms with Crippen molar-refractivity contribution in [3.63, 3.8) is 0 Å². The lowest BCUT2D eigenvalue weighted by atomic mass is 10.0. The highest BCUT2D eigenvalue weighted by Crippen LogP contribution is 2.32. The molecule has 1 heterocycles. The van der Waals surface area contributed by atoms with Crippen LogP contribution in [0.1, 0.15) is 29.2 Å². The minimum Gasteiger partial charge on any atom is -0.307 e. The predicted molar refractivity (Wildman–Crippen MR) is 91.0 cm³/mol. The van der Waals surface area contributed by atoms with Gasteiger partial charge in [-0.05, 0) is 20.8 Å². The number of nitrogens with one attached hydrogen (secondary N) is 1. The summed E-state index contributed by atoms with van der Waals surface area (Å²) in [5.74, 6) is 6.27. The number of hydrogen-bond donors (Lipinski definition) is 2. The van der Waals surface area contributed by atoms with Crippen LogP contribution in [0.3, 0.4) is 0 Å². The van der Waals surface area contributed by atoms with Crippen LogP contribution in [0, 0.1) is 13.8 Å². The van der Waals surface area contributed by atoms with E-state index in [0.29, 0.717) is 5.84 Å². The number of nitrogens with zero attached hydrogens (tertiary/aromatic N) is 2. The highest BCUT2D eigenvalue weighted by atomic mass is 15.3. The van der Waals surface area contributed by atoms with Crippen LogP contribution in [0.25, 0.3) is 0 Å². The van der Waals surface area contributed by atoms with Crippen molar-refractivity contribution in [2.24, 2.45) is 15.8 Å². The van der Waals surface area contributed by atoms with E-state index in [2.05, 4.69) is 55.7 Å². The molecule has 22 heavy (non-hydrogen) atoms. The third-order valence-electron chi connectivity index (χ3n) is 3.94. The van der Waals surface area contributed by atoms with E-state index < -0.39 is 5.66 Å². The summed E-state index contributed by atoms with van der Waals surface area (Å²) in [4.78, 5) is 9.54. The Labute approximate surface area is 130 Å². The topological polar surface area (TPSA) is 62.8 Å². The van der Waals surface area contributed by atoms with E-state index >= 15 is 0 Å². The smallest absolute Gasteiger partial charge is 0.176 e. The van der Waals surface area contributed by atoms with Crippen LogP contribution in [-0.4, -0.2) is 11.5 Å². The van der Waals surface area contributed by atoms with Crippen LogP contribution in [0.4, 0.5) is 0 Å². The van der Waals surface area contributed by atoms with Gasteiger partial charge in [-0.2, -0.15) is 0 Å². The van der Waals surface area contributed by atoms with Gasteiger partial charge < -0.3 is 5.43 Å². The number of aliphatic imine (C=N–C) groups is 2. The summed E-state index contributed by atoms with van der Waals surface area (Å²) >= 11 is 0. The van der Waals surface area contributed by atoms with Gasteiger partial charge in [0, 0.05) is 11.1 Å². The van der Waals surface area contributed by atoms with E-state index in [1.165, 1.54) is 11.1 Å². The van der Waals surface area contributed by atoms with Gasteiger partial charge in [-0.25, -0.2) is 15.8 Å². The molecule has 1 atom stereocenters. The summed E-state index contributed by atoms with van der Waals surface area (Å²) in [7, 11) is 0. The molecule has 0 aliphatic carbocycles. The average molecular weight is 292 g/mol. The molecule has 2 aromatic rings. The van der Waals surface area contributed by atoms with Gasteiger partial charge in [0.15, 0.2) is 11.5 Å². The average Bonchev–Trinajstić information content (AvgIpc) is 2.87. The second kappa shape index (κ2) is 5.39. The van der Waals surface area contributed by atoms with Gasteiger partial charge in [0.2, 0.25) is 0 Å². The first-order valence-corrected chi connectivity index (χ1v) is 7.33. The van der Waals surface area contributed by atoms with Crippen LogP contribution in [-0.2, 0) is 5.66 Å². The Hall–Kier alpha value is -2.46. The fourth-order valence-corrected chi connectivity index (χ4v) is 2.58. The first kappa shape index (κ1) is 14.5. The van der Waals surface area contributed by atoms with Gasteiger partial charge in [0.1, 0.15) is 5.71 Å². The normalized spacial score (nSPS) is 20.5. The van der Waals surface area contributed by atoms with Gasteiger partial charge in [-0.3, -0.25) is 0 Å². The molecule has 3 N–H and O–H groups in total. The van der Waals surface area contributed by atoms with Gasteiger partial charge >= 0.3 is 0 Å². The number of aryl methyl sites for hydroxylation is 2. The molecule has 4 heteroatoms. The van der Waals surface area contributed by atoms with Crippen molar-refractivity contribution >= 4 is 11.5 Å². The second-order valence-electron chi connectivity index (χ2n) is 5.82. The number of amidine groups is 1. The highest BCUT2D eigenvalue weighted by molar-refractivity contribution is 6.48. The van der Waals surface area contributed by atoms with Crippen LogP contribution >= 0.6 is 0 Å². The van der Waals surface area contributed by atoms with Crippen molar-refractivity contribution in [3.8, 4) is 0 Å². The van der Waals surface area contributed by atoms with E-state index in [1.807, 2.05) is 19.1 Å². The molecular formula is C18H20N4. The lowest BCUT2D eigenvalue weighted by Gasteiger charge is -2.17. The zero-order valence-electron chi connectivity index (χ0n) is 13.1. The lowest BCUT2D eigenvalue weighted by Crippen LogP contribution is -2.35. The number of nitrogens with two attached hydrogens (primary N) is 1. The molecule has 3 rings (SSSR count). The Balaban J connectivity index is 2.06. The summed E-state index contributed by atoms with van der Waals surface area (Å²) in [6.07, 6.45) is 0. The Bertz CT molecular complexity index is 742. The van der Waals surface area contributed by atoms with Gasteiger partial charge in [0.25, 0.3) is 0 Å². The molecule has 1 aliphatic rings. The maximum Gasteiger partial charge on any atom is 0.176 e. The minimum absolute atomic E-state index is 0.618. The van der Waals surface area contributed by atoms with E-state index in [1.54, 1.807) is 0 Å². The van der Waals surface area contributed by atoms with Crippen molar-refractivity contribution in [1.29, 1.82) is 0 Å². The maximum absolute atomic E-state index is 5.65.